The molecule has 0 spiro atoms. The van der Waals surface area contributed by atoms with Crippen molar-refractivity contribution in [2.75, 3.05) is 6.54 Å². The largest absolute Gasteiger partial charge is 0.479 e. The van der Waals surface area contributed by atoms with Crippen LogP contribution in [0.5, 0.6) is 0 Å². The summed E-state index contributed by atoms with van der Waals surface area (Å²) in [7, 11) is 0. The minimum Gasteiger partial charge on any atom is -0.479 e. The molecule has 1 amide bonds. The van der Waals surface area contributed by atoms with Gasteiger partial charge in [0.1, 0.15) is 0 Å². The van der Waals surface area contributed by atoms with Crippen LogP contribution in [-0.2, 0) is 9.59 Å². The number of aliphatic carboxylic acids is 1. The number of aliphatic hydroxyl groups is 1. The van der Waals surface area contributed by atoms with E-state index in [4.69, 9.17) is 10.2 Å². The number of nitrogens with one attached hydrogen (secondary N) is 1. The fourth-order valence-electron chi connectivity index (χ4n) is 1.97. The van der Waals surface area contributed by atoms with Crippen LogP contribution in [0.15, 0.2) is 30.3 Å². The molecule has 5 heteroatoms. The first-order chi connectivity index (χ1) is 8.59. The second-order valence-electron chi connectivity index (χ2n) is 4.46. The summed E-state index contributed by atoms with van der Waals surface area (Å²) in [6.45, 7) is -0.244. The third kappa shape index (κ3) is 2.87. The van der Waals surface area contributed by atoms with Gasteiger partial charge in [-0.3, -0.25) is 4.79 Å². The highest BCUT2D eigenvalue weighted by Crippen LogP contribution is 2.47. The fourth-order valence-corrected chi connectivity index (χ4v) is 1.97. The predicted octanol–water partition coefficient (Wildman–Crippen LogP) is 0.352. The van der Waals surface area contributed by atoms with Gasteiger partial charge >= 0.3 is 5.97 Å². The molecule has 1 aromatic rings. The zero-order valence-corrected chi connectivity index (χ0v) is 9.74. The number of carboxylic acid groups (broad SMARTS) is 1. The molecule has 3 N–H and O–H groups in total. The van der Waals surface area contributed by atoms with E-state index in [0.717, 1.165) is 12.0 Å². The van der Waals surface area contributed by atoms with Crippen LogP contribution in [0.2, 0.25) is 0 Å². The van der Waals surface area contributed by atoms with Crippen molar-refractivity contribution >= 4 is 11.9 Å². The lowest BCUT2D eigenvalue weighted by atomic mass is 10.1. The Hall–Kier alpha value is -1.88. The van der Waals surface area contributed by atoms with Crippen LogP contribution < -0.4 is 5.32 Å². The maximum absolute atomic E-state index is 11.7. The molecule has 0 saturated heterocycles. The van der Waals surface area contributed by atoms with E-state index in [2.05, 4.69) is 5.32 Å². The monoisotopic (exact) mass is 249 g/mol. The van der Waals surface area contributed by atoms with Gasteiger partial charge in [-0.2, -0.15) is 0 Å². The smallest absolute Gasteiger partial charge is 0.334 e. The molecule has 1 saturated carbocycles. The minimum absolute atomic E-state index is 0.103. The lowest BCUT2D eigenvalue weighted by Gasteiger charge is -2.07. The van der Waals surface area contributed by atoms with E-state index in [-0.39, 0.29) is 24.3 Å². The number of hydrogen-bond acceptors (Lipinski definition) is 3. The van der Waals surface area contributed by atoms with Crippen LogP contribution in [0, 0.1) is 5.92 Å². The van der Waals surface area contributed by atoms with Gasteiger partial charge in [-0.25, -0.2) is 4.79 Å². The standard InChI is InChI=1S/C13H15NO4/c15-11(13(17)18)7-14-12(16)10-6-9(10)8-4-2-1-3-5-8/h1-5,9-11,15H,6-7H2,(H,14,16)(H,17,18). The van der Waals surface area contributed by atoms with Crippen LogP contribution in [0.4, 0.5) is 0 Å². The molecule has 0 aromatic heterocycles. The number of aliphatic hydroxyl groups excluding tert-OH is 1. The Kier molecular flexibility index (Phi) is 3.62. The molecule has 0 heterocycles. The molecule has 0 radical (unpaired) electrons. The molecule has 3 unspecified atom stereocenters. The molecule has 1 fully saturated rings. The highest BCUT2D eigenvalue weighted by molar-refractivity contribution is 5.83. The molecule has 18 heavy (non-hydrogen) atoms. The highest BCUT2D eigenvalue weighted by atomic mass is 16.4. The van der Waals surface area contributed by atoms with Crippen molar-refractivity contribution in [3.05, 3.63) is 35.9 Å². The number of carboxylic acids is 1. The molecule has 2 rings (SSSR count). The van der Waals surface area contributed by atoms with Gasteiger partial charge in [-0.05, 0) is 17.9 Å². The van der Waals surface area contributed by atoms with Crippen molar-refractivity contribution in [1.29, 1.82) is 0 Å². The summed E-state index contributed by atoms with van der Waals surface area (Å²) in [6, 6.07) is 9.73. The van der Waals surface area contributed by atoms with Gasteiger partial charge < -0.3 is 15.5 Å². The number of carbonyl (C=O) groups excluding carboxylic acids is 1. The van der Waals surface area contributed by atoms with E-state index >= 15 is 0 Å². The number of amides is 1. The van der Waals surface area contributed by atoms with Crippen molar-refractivity contribution < 1.29 is 19.8 Å². The van der Waals surface area contributed by atoms with Crippen LogP contribution in [0.25, 0.3) is 0 Å². The summed E-state index contributed by atoms with van der Waals surface area (Å²) < 4.78 is 0. The topological polar surface area (TPSA) is 86.6 Å². The Bertz CT molecular complexity index is 446. The van der Waals surface area contributed by atoms with Crippen LogP contribution in [-0.4, -0.2) is 34.7 Å². The Morgan fingerprint density at radius 1 is 1.33 bits per heavy atom. The lowest BCUT2D eigenvalue weighted by Crippen LogP contribution is -2.37. The van der Waals surface area contributed by atoms with Gasteiger partial charge in [0.25, 0.3) is 0 Å². The van der Waals surface area contributed by atoms with E-state index in [1.165, 1.54) is 0 Å². The summed E-state index contributed by atoms with van der Waals surface area (Å²) in [5, 5.41) is 20.0. The second kappa shape index (κ2) is 5.18. The predicted molar refractivity (Wildman–Crippen MR) is 63.9 cm³/mol. The SMILES string of the molecule is O=C(O)C(O)CNC(=O)C1CC1c1ccccc1. The fraction of sp³-hybridized carbons (Fsp3) is 0.385. The van der Waals surface area contributed by atoms with E-state index < -0.39 is 12.1 Å². The molecule has 96 valence electrons. The molecular formula is C13H15NO4. The summed E-state index contributed by atoms with van der Waals surface area (Å²) >= 11 is 0. The Morgan fingerprint density at radius 2 is 2.00 bits per heavy atom. The van der Waals surface area contributed by atoms with E-state index in [1.54, 1.807) is 0 Å². The molecule has 0 bridgehead atoms. The maximum Gasteiger partial charge on any atom is 0.334 e. The number of carbonyl (C=O) groups is 2. The van der Waals surface area contributed by atoms with Crippen LogP contribution in [0.1, 0.15) is 17.9 Å². The van der Waals surface area contributed by atoms with Gasteiger partial charge in [0.05, 0.1) is 6.54 Å². The van der Waals surface area contributed by atoms with Gasteiger partial charge in [0.2, 0.25) is 5.91 Å². The molecule has 1 aliphatic carbocycles. The van der Waals surface area contributed by atoms with Gasteiger partial charge in [0, 0.05) is 5.92 Å². The van der Waals surface area contributed by atoms with Crippen LogP contribution in [0.3, 0.4) is 0 Å². The lowest BCUT2D eigenvalue weighted by molar-refractivity contribution is -0.146. The molecule has 5 nitrogen and oxygen atoms in total. The summed E-state index contributed by atoms with van der Waals surface area (Å²) in [4.78, 5) is 22.1. The van der Waals surface area contributed by atoms with E-state index in [1.807, 2.05) is 30.3 Å². The maximum atomic E-state index is 11.7. The Morgan fingerprint density at radius 3 is 2.61 bits per heavy atom. The third-order valence-electron chi connectivity index (χ3n) is 3.11. The first-order valence-electron chi connectivity index (χ1n) is 5.83. The van der Waals surface area contributed by atoms with Crippen LogP contribution >= 0.6 is 0 Å². The summed E-state index contributed by atoms with van der Waals surface area (Å²) in [5.41, 5.74) is 1.12. The van der Waals surface area contributed by atoms with Crippen molar-refractivity contribution in [1.82, 2.24) is 5.32 Å². The number of hydrogen-bond donors (Lipinski definition) is 3. The van der Waals surface area contributed by atoms with Gasteiger partial charge in [0.15, 0.2) is 6.10 Å². The average molecular weight is 249 g/mol. The zero-order valence-electron chi connectivity index (χ0n) is 9.74. The summed E-state index contributed by atoms with van der Waals surface area (Å²) in [5.74, 6) is -1.41. The molecule has 1 aliphatic rings. The van der Waals surface area contributed by atoms with E-state index in [0.29, 0.717) is 0 Å². The average Bonchev–Trinajstić information content (AvgIpc) is 3.16. The van der Waals surface area contributed by atoms with Crippen molar-refractivity contribution in [3.8, 4) is 0 Å². The Labute approximate surface area is 104 Å². The Balaban J connectivity index is 1.81. The molecule has 3 atom stereocenters. The highest BCUT2D eigenvalue weighted by Gasteiger charge is 2.43. The van der Waals surface area contributed by atoms with Gasteiger partial charge in [-0.1, -0.05) is 30.3 Å². The first kappa shape index (κ1) is 12.6. The normalized spacial score (nSPS) is 23.2. The van der Waals surface area contributed by atoms with Crippen molar-refractivity contribution in [2.24, 2.45) is 5.92 Å². The van der Waals surface area contributed by atoms with E-state index in [9.17, 15) is 9.59 Å². The minimum atomic E-state index is -1.54. The molecule has 1 aromatic carbocycles. The molecule has 0 aliphatic heterocycles. The quantitative estimate of drug-likeness (QED) is 0.703. The number of rotatable bonds is 5. The van der Waals surface area contributed by atoms with Gasteiger partial charge in [-0.15, -0.1) is 0 Å². The van der Waals surface area contributed by atoms with Crippen molar-refractivity contribution in [2.45, 2.75) is 18.4 Å². The molecular weight excluding hydrogens is 234 g/mol. The third-order valence-corrected chi connectivity index (χ3v) is 3.11. The zero-order chi connectivity index (χ0) is 13.1. The summed E-state index contributed by atoms with van der Waals surface area (Å²) in [6.07, 6.45) is -0.762. The van der Waals surface area contributed by atoms with Crippen molar-refractivity contribution in [3.63, 3.8) is 0 Å². The number of benzene rings is 1. The first-order valence-corrected chi connectivity index (χ1v) is 5.83. The second-order valence-corrected chi connectivity index (χ2v) is 4.46.